The van der Waals surface area contributed by atoms with Crippen LogP contribution >= 0.6 is 0 Å². The second kappa shape index (κ2) is 9.04. The van der Waals surface area contributed by atoms with Crippen molar-refractivity contribution in [2.45, 2.75) is 52.6 Å². The fourth-order valence-corrected chi connectivity index (χ4v) is 3.66. The summed E-state index contributed by atoms with van der Waals surface area (Å²) >= 11 is 0. The van der Waals surface area contributed by atoms with Crippen molar-refractivity contribution in [3.63, 3.8) is 0 Å². The third-order valence-corrected chi connectivity index (χ3v) is 5.19. The van der Waals surface area contributed by atoms with Crippen molar-refractivity contribution in [1.29, 1.82) is 0 Å². The first-order chi connectivity index (χ1) is 12.7. The van der Waals surface area contributed by atoms with Crippen LogP contribution in [0.4, 0.5) is 5.82 Å². The predicted molar refractivity (Wildman–Crippen MR) is 108 cm³/mol. The molecule has 1 atom stereocenters. The van der Waals surface area contributed by atoms with Crippen molar-refractivity contribution in [3.05, 3.63) is 53.2 Å². The Morgan fingerprint density at radius 3 is 2.77 bits per heavy atom. The van der Waals surface area contributed by atoms with E-state index < -0.39 is 0 Å². The highest BCUT2D eigenvalue weighted by molar-refractivity contribution is 5.42. The van der Waals surface area contributed by atoms with E-state index in [2.05, 4.69) is 53.3 Å². The van der Waals surface area contributed by atoms with Gasteiger partial charge in [-0.25, -0.2) is 4.98 Å². The van der Waals surface area contributed by atoms with Crippen LogP contribution in [0.2, 0.25) is 0 Å². The van der Waals surface area contributed by atoms with Gasteiger partial charge in [-0.1, -0.05) is 12.1 Å². The molecule has 26 heavy (non-hydrogen) atoms. The molecule has 1 saturated heterocycles. The number of piperidine rings is 1. The van der Waals surface area contributed by atoms with Gasteiger partial charge in [0, 0.05) is 31.9 Å². The molecular weight excluding hydrogens is 322 g/mol. The summed E-state index contributed by atoms with van der Waals surface area (Å²) in [5, 5.41) is 3.65. The molecule has 1 fully saturated rings. The molecule has 4 nitrogen and oxygen atoms in total. The third-order valence-electron chi connectivity index (χ3n) is 5.19. The van der Waals surface area contributed by atoms with Crippen LogP contribution in [-0.2, 0) is 6.54 Å². The molecule has 1 aliphatic rings. The molecule has 0 radical (unpaired) electrons. The first-order valence-electron chi connectivity index (χ1n) is 9.84. The zero-order valence-electron chi connectivity index (χ0n) is 16.3. The van der Waals surface area contributed by atoms with Gasteiger partial charge in [0.2, 0.25) is 0 Å². The van der Waals surface area contributed by atoms with Gasteiger partial charge in [-0.05, 0) is 74.9 Å². The first-order valence-corrected chi connectivity index (χ1v) is 9.84. The molecule has 1 aliphatic heterocycles. The minimum atomic E-state index is 0.266. The summed E-state index contributed by atoms with van der Waals surface area (Å²) in [6.45, 7) is 10.2. The minimum Gasteiger partial charge on any atom is -0.494 e. The van der Waals surface area contributed by atoms with Gasteiger partial charge in [0.15, 0.2) is 0 Å². The second-order valence-electron chi connectivity index (χ2n) is 7.08. The summed E-state index contributed by atoms with van der Waals surface area (Å²) in [6.07, 6.45) is 5.83. The number of nitrogens with zero attached hydrogens (tertiary/aromatic N) is 2. The van der Waals surface area contributed by atoms with Gasteiger partial charge < -0.3 is 15.0 Å². The lowest BCUT2D eigenvalue weighted by Gasteiger charge is -2.28. The lowest BCUT2D eigenvalue weighted by atomic mass is 10.0. The molecule has 0 bridgehead atoms. The Kier molecular flexibility index (Phi) is 6.51. The van der Waals surface area contributed by atoms with Gasteiger partial charge in [-0.3, -0.25) is 0 Å². The second-order valence-corrected chi connectivity index (χ2v) is 7.08. The number of hydrogen-bond acceptors (Lipinski definition) is 4. The summed E-state index contributed by atoms with van der Waals surface area (Å²) in [7, 11) is 0. The van der Waals surface area contributed by atoms with Crippen LogP contribution in [0.5, 0.6) is 5.75 Å². The van der Waals surface area contributed by atoms with Crippen LogP contribution in [-0.4, -0.2) is 24.7 Å². The highest BCUT2D eigenvalue weighted by Crippen LogP contribution is 2.26. The number of nitrogens with one attached hydrogen (secondary N) is 1. The molecule has 2 heterocycles. The lowest BCUT2D eigenvalue weighted by molar-refractivity contribution is 0.337. The smallest absolute Gasteiger partial charge is 0.128 e. The number of anilines is 1. The average Bonchev–Trinajstić information content (AvgIpc) is 2.69. The van der Waals surface area contributed by atoms with Gasteiger partial charge in [0.25, 0.3) is 0 Å². The molecule has 140 valence electrons. The van der Waals surface area contributed by atoms with Crippen LogP contribution in [0.1, 0.15) is 55.8 Å². The largest absolute Gasteiger partial charge is 0.494 e. The Hall–Kier alpha value is -2.07. The summed E-state index contributed by atoms with van der Waals surface area (Å²) < 4.78 is 5.73. The maximum absolute atomic E-state index is 5.73. The van der Waals surface area contributed by atoms with Crippen LogP contribution in [0.25, 0.3) is 0 Å². The van der Waals surface area contributed by atoms with E-state index in [1.165, 1.54) is 36.0 Å². The Morgan fingerprint density at radius 1 is 1.19 bits per heavy atom. The van der Waals surface area contributed by atoms with Crippen molar-refractivity contribution in [3.8, 4) is 5.75 Å². The first kappa shape index (κ1) is 18.7. The predicted octanol–water partition coefficient (Wildman–Crippen LogP) is 4.63. The fraction of sp³-hybridized carbons (Fsp3) is 0.500. The number of pyridine rings is 1. The summed E-state index contributed by atoms with van der Waals surface area (Å²) in [5.41, 5.74) is 3.80. The highest BCUT2D eigenvalue weighted by Gasteiger charge is 2.14. The van der Waals surface area contributed by atoms with Gasteiger partial charge >= 0.3 is 0 Å². The molecule has 4 heteroatoms. The van der Waals surface area contributed by atoms with E-state index in [0.29, 0.717) is 6.61 Å². The Morgan fingerprint density at radius 2 is 2.00 bits per heavy atom. The monoisotopic (exact) mass is 353 g/mol. The average molecular weight is 354 g/mol. The standard InChI is InChI=1S/C22H31N3O/c1-4-26-21-10-8-9-20(17(21)2)18(3)24-16-19-11-12-23-22(15-19)25-13-6-5-7-14-25/h8-12,15,18,24H,4-7,13-14,16H2,1-3H3. The van der Waals surface area contributed by atoms with Crippen molar-refractivity contribution >= 4 is 5.82 Å². The van der Waals surface area contributed by atoms with Crippen LogP contribution in [0.3, 0.4) is 0 Å². The van der Waals surface area contributed by atoms with Crippen molar-refractivity contribution in [2.75, 3.05) is 24.6 Å². The number of aromatic nitrogens is 1. The summed E-state index contributed by atoms with van der Waals surface area (Å²) in [4.78, 5) is 6.98. The number of ether oxygens (including phenoxy) is 1. The molecule has 3 rings (SSSR count). The molecule has 0 saturated carbocycles. The van der Waals surface area contributed by atoms with Gasteiger partial charge in [-0.15, -0.1) is 0 Å². The number of hydrogen-bond donors (Lipinski definition) is 1. The maximum atomic E-state index is 5.73. The molecule has 1 aromatic carbocycles. The van der Waals surface area contributed by atoms with E-state index in [4.69, 9.17) is 4.74 Å². The molecular formula is C22H31N3O. The Balaban J connectivity index is 1.64. The van der Waals surface area contributed by atoms with Crippen molar-refractivity contribution in [1.82, 2.24) is 10.3 Å². The Labute approximate surface area is 157 Å². The molecule has 1 aromatic heterocycles. The normalized spacial score (nSPS) is 15.7. The van der Waals surface area contributed by atoms with E-state index >= 15 is 0 Å². The number of benzene rings is 1. The Bertz CT molecular complexity index is 710. The minimum absolute atomic E-state index is 0.266. The van der Waals surface area contributed by atoms with Crippen molar-refractivity contribution < 1.29 is 4.74 Å². The topological polar surface area (TPSA) is 37.4 Å². The molecule has 1 unspecified atom stereocenters. The van der Waals surface area contributed by atoms with Gasteiger partial charge in [0.1, 0.15) is 11.6 Å². The quantitative estimate of drug-likeness (QED) is 0.787. The van der Waals surface area contributed by atoms with Gasteiger partial charge in [0.05, 0.1) is 6.61 Å². The van der Waals surface area contributed by atoms with Crippen molar-refractivity contribution in [2.24, 2.45) is 0 Å². The van der Waals surface area contributed by atoms with Crippen LogP contribution < -0.4 is 15.0 Å². The van der Waals surface area contributed by atoms with Crippen LogP contribution in [0, 0.1) is 6.92 Å². The molecule has 0 spiro atoms. The van der Waals surface area contributed by atoms with E-state index in [9.17, 15) is 0 Å². The van der Waals surface area contributed by atoms with E-state index in [1.54, 1.807) is 0 Å². The summed E-state index contributed by atoms with van der Waals surface area (Å²) in [6, 6.07) is 10.9. The molecule has 1 N–H and O–H groups in total. The maximum Gasteiger partial charge on any atom is 0.128 e. The molecule has 0 aliphatic carbocycles. The fourth-order valence-electron chi connectivity index (χ4n) is 3.66. The summed E-state index contributed by atoms with van der Waals surface area (Å²) in [5.74, 6) is 2.10. The van der Waals surface area contributed by atoms with E-state index in [-0.39, 0.29) is 6.04 Å². The zero-order chi connectivity index (χ0) is 18.4. The molecule has 2 aromatic rings. The third kappa shape index (κ3) is 4.55. The number of rotatable bonds is 7. The highest BCUT2D eigenvalue weighted by atomic mass is 16.5. The lowest BCUT2D eigenvalue weighted by Crippen LogP contribution is -2.30. The van der Waals surface area contributed by atoms with Gasteiger partial charge in [-0.2, -0.15) is 0 Å². The molecule has 0 amide bonds. The SMILES string of the molecule is CCOc1cccc(C(C)NCc2ccnc(N3CCCCC3)c2)c1C. The van der Waals surface area contributed by atoms with E-state index in [0.717, 1.165) is 31.2 Å². The van der Waals surface area contributed by atoms with Crippen LogP contribution in [0.15, 0.2) is 36.5 Å². The zero-order valence-corrected chi connectivity index (χ0v) is 16.3. The van der Waals surface area contributed by atoms with E-state index in [1.807, 2.05) is 19.2 Å².